The first-order chi connectivity index (χ1) is 18.0. The van der Waals surface area contributed by atoms with Crippen molar-refractivity contribution in [3.63, 3.8) is 0 Å². The fourth-order valence-electron chi connectivity index (χ4n) is 4.19. The molecule has 4 rings (SSSR count). The molecule has 4 aromatic rings. The predicted molar refractivity (Wildman–Crippen MR) is 137 cm³/mol. The van der Waals surface area contributed by atoms with Crippen molar-refractivity contribution >= 4 is 0 Å². The Balaban J connectivity index is 1.75. The van der Waals surface area contributed by atoms with Gasteiger partial charge in [0.25, 0.3) is 5.89 Å². The van der Waals surface area contributed by atoms with Crippen LogP contribution in [-0.4, -0.2) is 56.5 Å². The molecular weight excluding hydrogens is 474 g/mol. The van der Waals surface area contributed by atoms with E-state index in [1.165, 1.54) is 0 Å². The van der Waals surface area contributed by atoms with E-state index in [0.717, 1.165) is 18.4 Å². The first-order valence-corrected chi connectivity index (χ1v) is 12.0. The molecular formula is C27H31N5O5. The fourth-order valence-corrected chi connectivity index (χ4v) is 4.19. The second-order valence-electron chi connectivity index (χ2n) is 8.65. The van der Waals surface area contributed by atoms with Crippen LogP contribution in [0.1, 0.15) is 36.9 Å². The summed E-state index contributed by atoms with van der Waals surface area (Å²) in [7, 11) is 5.01. The van der Waals surface area contributed by atoms with E-state index in [-0.39, 0.29) is 23.1 Å². The summed E-state index contributed by atoms with van der Waals surface area (Å²) in [5.41, 5.74) is 2.49. The minimum atomic E-state index is -0.387. The van der Waals surface area contributed by atoms with Gasteiger partial charge >= 0.3 is 0 Å². The Bertz CT molecular complexity index is 1320. The largest absolute Gasteiger partial charge is 0.506 e. The van der Waals surface area contributed by atoms with Gasteiger partial charge in [-0.15, -0.1) is 10.2 Å². The summed E-state index contributed by atoms with van der Waals surface area (Å²) >= 11 is 0. The van der Waals surface area contributed by atoms with Crippen molar-refractivity contribution in [1.82, 2.24) is 25.1 Å². The van der Waals surface area contributed by atoms with E-state index in [9.17, 15) is 10.2 Å². The molecule has 0 fully saturated rings. The van der Waals surface area contributed by atoms with Crippen LogP contribution in [0.25, 0.3) is 22.6 Å². The molecule has 0 unspecified atom stereocenters. The molecule has 0 saturated heterocycles. The van der Waals surface area contributed by atoms with Gasteiger partial charge in [0.05, 0.1) is 37.6 Å². The normalized spacial score (nSPS) is 11.2. The second kappa shape index (κ2) is 11.7. The molecule has 1 aromatic carbocycles. The van der Waals surface area contributed by atoms with Gasteiger partial charge in [-0.25, -0.2) is 4.98 Å². The Labute approximate surface area is 215 Å². The number of pyridine rings is 2. The van der Waals surface area contributed by atoms with Crippen molar-refractivity contribution < 1.29 is 24.1 Å². The molecule has 0 spiro atoms. The van der Waals surface area contributed by atoms with Crippen LogP contribution in [-0.2, 0) is 19.5 Å². The van der Waals surface area contributed by atoms with E-state index in [2.05, 4.69) is 27.1 Å². The lowest BCUT2D eigenvalue weighted by atomic mass is 9.95. The third-order valence-corrected chi connectivity index (χ3v) is 5.96. The van der Waals surface area contributed by atoms with E-state index in [1.54, 1.807) is 44.8 Å². The topological polar surface area (TPSA) is 127 Å². The van der Waals surface area contributed by atoms with E-state index in [4.69, 9.17) is 13.9 Å². The summed E-state index contributed by atoms with van der Waals surface area (Å²) in [6.07, 6.45) is 5.73. The summed E-state index contributed by atoms with van der Waals surface area (Å²) in [5.74, 6) is 0.664. The molecule has 0 aliphatic heterocycles. The number of aryl methyl sites for hydroxylation is 1. The molecule has 0 saturated carbocycles. The Kier molecular flexibility index (Phi) is 8.19. The fraction of sp³-hybridized carbons (Fsp3) is 0.333. The van der Waals surface area contributed by atoms with Crippen molar-refractivity contribution in [2.24, 2.45) is 0 Å². The van der Waals surface area contributed by atoms with Gasteiger partial charge in [0.1, 0.15) is 22.8 Å². The number of hydrogen-bond acceptors (Lipinski definition) is 10. The molecule has 37 heavy (non-hydrogen) atoms. The van der Waals surface area contributed by atoms with Gasteiger partial charge < -0.3 is 24.1 Å². The molecule has 0 bridgehead atoms. The Hall–Kier alpha value is -4.18. The Morgan fingerprint density at radius 3 is 2.27 bits per heavy atom. The van der Waals surface area contributed by atoms with Crippen LogP contribution in [0, 0.1) is 0 Å². The maximum Gasteiger partial charge on any atom is 0.257 e. The van der Waals surface area contributed by atoms with Crippen molar-refractivity contribution in [2.75, 3.05) is 21.3 Å². The third kappa shape index (κ3) is 5.64. The van der Waals surface area contributed by atoms with E-state index in [0.29, 0.717) is 53.7 Å². The second-order valence-corrected chi connectivity index (χ2v) is 8.65. The highest BCUT2D eigenvalue weighted by atomic mass is 16.5. The van der Waals surface area contributed by atoms with Crippen LogP contribution >= 0.6 is 0 Å². The van der Waals surface area contributed by atoms with Crippen molar-refractivity contribution in [3.8, 4) is 45.7 Å². The molecule has 0 amide bonds. The van der Waals surface area contributed by atoms with E-state index >= 15 is 0 Å². The van der Waals surface area contributed by atoms with E-state index < -0.39 is 0 Å². The monoisotopic (exact) mass is 505 g/mol. The van der Waals surface area contributed by atoms with Gasteiger partial charge in [0, 0.05) is 18.9 Å². The first-order valence-electron chi connectivity index (χ1n) is 12.0. The lowest BCUT2D eigenvalue weighted by Gasteiger charge is -2.19. The summed E-state index contributed by atoms with van der Waals surface area (Å²) in [6.45, 7) is 3.08. The number of aromatic nitrogens is 4. The predicted octanol–water partition coefficient (Wildman–Crippen LogP) is 4.60. The Morgan fingerprint density at radius 1 is 0.919 bits per heavy atom. The Morgan fingerprint density at radius 2 is 1.62 bits per heavy atom. The molecule has 10 nitrogen and oxygen atoms in total. The average Bonchev–Trinajstić information content (AvgIpc) is 3.35. The third-order valence-electron chi connectivity index (χ3n) is 5.96. The van der Waals surface area contributed by atoms with Crippen molar-refractivity contribution in [2.45, 2.75) is 39.3 Å². The molecule has 10 heteroatoms. The maximum atomic E-state index is 11.5. The van der Waals surface area contributed by atoms with Crippen molar-refractivity contribution in [1.29, 1.82) is 0 Å². The van der Waals surface area contributed by atoms with Gasteiger partial charge in [-0.05, 0) is 49.7 Å². The highest BCUT2D eigenvalue weighted by molar-refractivity contribution is 5.88. The minimum Gasteiger partial charge on any atom is -0.506 e. The molecule has 0 atom stereocenters. The number of nitrogens with zero attached hydrogens (tertiary/aromatic N) is 5. The molecule has 0 aliphatic rings. The quantitative estimate of drug-likeness (QED) is 0.299. The number of benzene rings is 1. The van der Waals surface area contributed by atoms with Gasteiger partial charge in [0.2, 0.25) is 11.8 Å². The molecule has 3 heterocycles. The van der Waals surface area contributed by atoms with Crippen LogP contribution in [0.15, 0.2) is 47.1 Å². The highest BCUT2D eigenvalue weighted by Gasteiger charge is 2.28. The number of rotatable bonds is 11. The summed E-state index contributed by atoms with van der Waals surface area (Å²) in [5, 5.41) is 30.6. The smallest absolute Gasteiger partial charge is 0.257 e. The van der Waals surface area contributed by atoms with Crippen LogP contribution in [0.4, 0.5) is 0 Å². The number of hydrogen-bond donors (Lipinski definition) is 2. The SMILES string of the molecule is CCCCc1nc(O)c(-c2nnc(CN(C)Cc3ccncc3)o2)c(O)c1-c1c(OC)cccc1OC. The first kappa shape index (κ1) is 25.9. The lowest BCUT2D eigenvalue weighted by molar-refractivity contribution is 0.282. The number of methoxy groups -OCH3 is 2. The number of unbranched alkanes of at least 4 members (excludes halogenated alkanes) is 1. The summed E-state index contributed by atoms with van der Waals surface area (Å²) < 4.78 is 17.0. The molecule has 194 valence electrons. The molecule has 0 radical (unpaired) electrons. The zero-order valence-corrected chi connectivity index (χ0v) is 21.4. The van der Waals surface area contributed by atoms with E-state index in [1.807, 2.05) is 24.1 Å². The standard InChI is InChI=1S/C27H31N5O5/c1-5-6-8-18-22(23-19(35-3)9-7-10-20(23)36-4)25(33)24(26(34)29-18)27-31-30-21(37-27)16-32(2)15-17-11-13-28-14-12-17/h7,9-14H,5-6,8,15-16H2,1-4H3,(H2,29,33,34). The lowest BCUT2D eigenvalue weighted by Crippen LogP contribution is -2.17. The highest BCUT2D eigenvalue weighted by Crippen LogP contribution is 2.49. The van der Waals surface area contributed by atoms with Gasteiger partial charge in [0.15, 0.2) is 0 Å². The number of ether oxygens (including phenoxy) is 2. The van der Waals surface area contributed by atoms with Crippen LogP contribution in [0.3, 0.4) is 0 Å². The minimum absolute atomic E-state index is 0.0352. The zero-order valence-electron chi connectivity index (χ0n) is 21.4. The van der Waals surface area contributed by atoms with Crippen LogP contribution < -0.4 is 9.47 Å². The average molecular weight is 506 g/mol. The van der Waals surface area contributed by atoms with Crippen molar-refractivity contribution in [3.05, 3.63) is 59.9 Å². The molecule has 2 N–H and O–H groups in total. The number of aromatic hydroxyl groups is 2. The van der Waals surface area contributed by atoms with Crippen LogP contribution in [0.5, 0.6) is 23.1 Å². The maximum absolute atomic E-state index is 11.5. The summed E-state index contributed by atoms with van der Waals surface area (Å²) in [4.78, 5) is 10.5. The van der Waals surface area contributed by atoms with Crippen LogP contribution in [0.2, 0.25) is 0 Å². The van der Waals surface area contributed by atoms with Gasteiger partial charge in [-0.1, -0.05) is 19.4 Å². The van der Waals surface area contributed by atoms with Gasteiger partial charge in [-0.3, -0.25) is 9.88 Å². The van der Waals surface area contributed by atoms with Gasteiger partial charge in [-0.2, -0.15) is 0 Å². The molecule has 3 aromatic heterocycles. The summed E-state index contributed by atoms with van der Waals surface area (Å²) in [6, 6.07) is 9.22. The molecule has 0 aliphatic carbocycles. The zero-order chi connectivity index (χ0) is 26.4.